The molecular formula is C16H16FNO2S. The minimum Gasteiger partial charge on any atom is -0.266 e. The number of halogens is 1. The number of fused-ring (bicyclic) bond motifs is 1. The van der Waals surface area contributed by atoms with Gasteiger partial charge in [0.25, 0.3) is 10.0 Å². The fourth-order valence-electron chi connectivity index (χ4n) is 2.70. The molecule has 0 radical (unpaired) electrons. The molecule has 2 aromatic rings. The van der Waals surface area contributed by atoms with Crippen LogP contribution in [0.3, 0.4) is 0 Å². The first-order chi connectivity index (χ1) is 9.89. The zero-order chi connectivity index (χ0) is 15.2. The Morgan fingerprint density at radius 2 is 1.81 bits per heavy atom. The number of anilines is 1. The summed E-state index contributed by atoms with van der Waals surface area (Å²) in [5.41, 5.74) is 2.40. The summed E-state index contributed by atoms with van der Waals surface area (Å²) in [5, 5.41) is 0. The summed E-state index contributed by atoms with van der Waals surface area (Å²) in [4.78, 5) is 0.344. The number of rotatable bonds is 1. The average Bonchev–Trinajstić information content (AvgIpc) is 2.44. The number of benzene rings is 2. The molecule has 0 aliphatic carbocycles. The van der Waals surface area contributed by atoms with Crippen LogP contribution in [0.5, 0.6) is 0 Å². The van der Waals surface area contributed by atoms with Crippen molar-refractivity contribution in [1.29, 1.82) is 0 Å². The van der Waals surface area contributed by atoms with E-state index in [0.717, 1.165) is 11.1 Å². The van der Waals surface area contributed by atoms with Gasteiger partial charge in [0.05, 0.1) is 10.6 Å². The van der Waals surface area contributed by atoms with E-state index in [9.17, 15) is 12.8 Å². The molecule has 0 saturated carbocycles. The van der Waals surface area contributed by atoms with Gasteiger partial charge >= 0.3 is 0 Å². The summed E-state index contributed by atoms with van der Waals surface area (Å²) >= 11 is 0. The Morgan fingerprint density at radius 1 is 1.14 bits per heavy atom. The quantitative estimate of drug-likeness (QED) is 0.809. The molecule has 0 aromatic heterocycles. The molecule has 1 aliphatic rings. The van der Waals surface area contributed by atoms with E-state index in [1.54, 1.807) is 12.1 Å². The molecule has 1 atom stereocenters. The van der Waals surface area contributed by atoms with Gasteiger partial charge in [0.15, 0.2) is 0 Å². The topological polar surface area (TPSA) is 37.4 Å². The summed E-state index contributed by atoms with van der Waals surface area (Å²) in [5.74, 6) is -0.286. The van der Waals surface area contributed by atoms with Crippen molar-refractivity contribution in [2.24, 2.45) is 0 Å². The highest BCUT2D eigenvalue weighted by Gasteiger charge is 2.35. The van der Waals surface area contributed by atoms with Gasteiger partial charge in [-0.25, -0.2) is 12.8 Å². The van der Waals surface area contributed by atoms with Crippen LogP contribution in [-0.2, 0) is 10.0 Å². The number of aryl methyl sites for hydroxylation is 1. The number of hydrogen-bond donors (Lipinski definition) is 0. The first-order valence-corrected chi connectivity index (χ1v) is 8.22. The zero-order valence-electron chi connectivity index (χ0n) is 11.9. The van der Waals surface area contributed by atoms with Crippen molar-refractivity contribution < 1.29 is 12.8 Å². The Labute approximate surface area is 124 Å². The van der Waals surface area contributed by atoms with E-state index >= 15 is 0 Å². The van der Waals surface area contributed by atoms with Gasteiger partial charge in [-0.2, -0.15) is 0 Å². The molecule has 0 N–H and O–H groups in total. The van der Waals surface area contributed by atoms with Crippen LogP contribution in [0.2, 0.25) is 0 Å². The summed E-state index contributed by atoms with van der Waals surface area (Å²) < 4.78 is 40.0. The highest BCUT2D eigenvalue weighted by atomic mass is 32.2. The molecule has 0 bridgehead atoms. The summed E-state index contributed by atoms with van der Waals surface area (Å²) in [6, 6.07) is 10.9. The normalized spacial score (nSPS) is 20.1. The molecule has 0 saturated heterocycles. The first kappa shape index (κ1) is 14.1. The van der Waals surface area contributed by atoms with Crippen molar-refractivity contribution in [3.05, 3.63) is 59.4 Å². The molecule has 2 aromatic carbocycles. The maximum atomic E-state index is 13.0. The lowest BCUT2D eigenvalue weighted by molar-refractivity contribution is 0.574. The Bertz CT molecular complexity index is 784. The summed E-state index contributed by atoms with van der Waals surface area (Å²) in [7, 11) is -3.59. The highest BCUT2D eigenvalue weighted by molar-refractivity contribution is 7.93. The number of hydrogen-bond acceptors (Lipinski definition) is 2. The average molecular weight is 305 g/mol. The largest absolute Gasteiger partial charge is 0.266 e. The Hall–Kier alpha value is -1.88. The van der Waals surface area contributed by atoms with E-state index in [0.29, 0.717) is 17.1 Å². The van der Waals surface area contributed by atoms with Crippen molar-refractivity contribution >= 4 is 15.7 Å². The van der Waals surface area contributed by atoms with Gasteiger partial charge in [-0.15, -0.1) is 0 Å². The van der Waals surface area contributed by atoms with Gasteiger partial charge in [-0.3, -0.25) is 4.31 Å². The predicted octanol–water partition coefficient (Wildman–Crippen LogP) is 3.45. The Balaban J connectivity index is 2.14. The second kappa shape index (κ2) is 4.84. The van der Waals surface area contributed by atoms with Gasteiger partial charge < -0.3 is 0 Å². The molecule has 1 aliphatic heterocycles. The van der Waals surface area contributed by atoms with E-state index in [-0.39, 0.29) is 11.7 Å². The summed E-state index contributed by atoms with van der Waals surface area (Å²) in [6.07, 6.45) is 0. The lowest BCUT2D eigenvalue weighted by Crippen LogP contribution is -2.39. The van der Waals surface area contributed by atoms with Crippen molar-refractivity contribution in [1.82, 2.24) is 0 Å². The van der Waals surface area contributed by atoms with E-state index in [1.807, 2.05) is 19.9 Å². The van der Waals surface area contributed by atoms with Gasteiger partial charge in [0.1, 0.15) is 5.82 Å². The second-order valence-corrected chi connectivity index (χ2v) is 7.29. The van der Waals surface area contributed by atoms with Gasteiger partial charge in [0, 0.05) is 12.5 Å². The molecule has 0 fully saturated rings. The van der Waals surface area contributed by atoms with Crippen LogP contribution in [-0.4, -0.2) is 15.0 Å². The molecule has 110 valence electrons. The zero-order valence-corrected chi connectivity index (χ0v) is 12.7. The Morgan fingerprint density at radius 3 is 2.48 bits per heavy atom. The molecule has 3 nitrogen and oxygen atoms in total. The third kappa shape index (κ3) is 2.31. The third-order valence-electron chi connectivity index (χ3n) is 3.82. The molecular weight excluding hydrogens is 289 g/mol. The fourth-order valence-corrected chi connectivity index (χ4v) is 4.56. The maximum absolute atomic E-state index is 13.0. The lowest BCUT2D eigenvalue weighted by Gasteiger charge is -2.34. The minimum atomic E-state index is -3.59. The van der Waals surface area contributed by atoms with Crippen LogP contribution in [0.15, 0.2) is 47.4 Å². The van der Waals surface area contributed by atoms with Crippen LogP contribution < -0.4 is 4.31 Å². The van der Waals surface area contributed by atoms with Crippen molar-refractivity contribution in [3.8, 4) is 0 Å². The minimum absolute atomic E-state index is 0.0912. The first-order valence-electron chi connectivity index (χ1n) is 6.78. The van der Waals surface area contributed by atoms with Gasteiger partial charge in [-0.05, 0) is 42.8 Å². The smallest absolute Gasteiger partial charge is 0.264 e. The third-order valence-corrected chi connectivity index (χ3v) is 5.69. The van der Waals surface area contributed by atoms with Crippen LogP contribution in [0.1, 0.15) is 24.0 Å². The van der Waals surface area contributed by atoms with Crippen molar-refractivity contribution in [2.75, 3.05) is 10.8 Å². The number of sulfonamides is 1. The molecule has 5 heteroatoms. The van der Waals surface area contributed by atoms with Gasteiger partial charge in [-0.1, -0.05) is 24.6 Å². The molecule has 21 heavy (non-hydrogen) atoms. The second-order valence-electron chi connectivity index (χ2n) is 5.45. The van der Waals surface area contributed by atoms with E-state index in [1.165, 1.54) is 28.6 Å². The molecule has 1 unspecified atom stereocenters. The highest BCUT2D eigenvalue weighted by Crippen LogP contribution is 2.36. The molecule has 1 heterocycles. The fraction of sp³-hybridized carbons (Fsp3) is 0.250. The van der Waals surface area contributed by atoms with E-state index < -0.39 is 10.0 Å². The van der Waals surface area contributed by atoms with E-state index in [4.69, 9.17) is 0 Å². The maximum Gasteiger partial charge on any atom is 0.264 e. The van der Waals surface area contributed by atoms with Crippen molar-refractivity contribution in [2.45, 2.75) is 24.7 Å². The molecule has 3 rings (SSSR count). The Kier molecular flexibility index (Phi) is 3.24. The summed E-state index contributed by atoms with van der Waals surface area (Å²) in [6.45, 7) is 4.32. The lowest BCUT2D eigenvalue weighted by atomic mass is 9.99. The monoisotopic (exact) mass is 305 g/mol. The van der Waals surface area contributed by atoms with Crippen LogP contribution >= 0.6 is 0 Å². The molecule has 0 amide bonds. The van der Waals surface area contributed by atoms with E-state index in [2.05, 4.69) is 0 Å². The van der Waals surface area contributed by atoms with Crippen LogP contribution in [0, 0.1) is 12.7 Å². The van der Waals surface area contributed by atoms with Crippen LogP contribution in [0.25, 0.3) is 0 Å². The number of nitrogens with zero attached hydrogens (tertiary/aromatic N) is 1. The SMILES string of the molecule is Cc1ccc2c(c1)C(C)CN(c1ccc(F)cc1)S2(=O)=O. The van der Waals surface area contributed by atoms with Gasteiger partial charge in [0.2, 0.25) is 0 Å². The van der Waals surface area contributed by atoms with Crippen LogP contribution in [0.4, 0.5) is 10.1 Å². The standard InChI is InChI=1S/C16H16FNO2S/c1-11-3-8-16-15(9-11)12(2)10-18(21(16,19)20)14-6-4-13(17)5-7-14/h3-9,12H,10H2,1-2H3. The van der Waals surface area contributed by atoms with Crippen molar-refractivity contribution in [3.63, 3.8) is 0 Å². The predicted molar refractivity (Wildman–Crippen MR) is 80.5 cm³/mol. The molecule has 0 spiro atoms.